The van der Waals surface area contributed by atoms with Crippen molar-refractivity contribution >= 4 is 39.1 Å². The molecule has 1 atom stereocenters. The highest BCUT2D eigenvalue weighted by atomic mass is 35.5. The lowest BCUT2D eigenvalue weighted by molar-refractivity contribution is -0.140. The monoisotopic (exact) mass is 685 g/mol. The summed E-state index contributed by atoms with van der Waals surface area (Å²) in [5, 5.41) is 3.80. The third kappa shape index (κ3) is 8.85. The molecular weight excluding hydrogens is 642 g/mol. The van der Waals surface area contributed by atoms with Gasteiger partial charge < -0.3 is 10.2 Å². The van der Waals surface area contributed by atoms with Crippen molar-refractivity contribution in [3.8, 4) is 0 Å². The van der Waals surface area contributed by atoms with Crippen molar-refractivity contribution < 1.29 is 18.0 Å². The number of nitrogens with one attached hydrogen (secondary N) is 1. The average Bonchev–Trinajstić information content (AvgIpc) is 3.07. The molecule has 0 bridgehead atoms. The van der Waals surface area contributed by atoms with Gasteiger partial charge in [-0.25, -0.2) is 8.42 Å². The number of amides is 2. The van der Waals surface area contributed by atoms with E-state index in [1.54, 1.807) is 42.5 Å². The molecule has 4 aromatic rings. The average molecular weight is 686 g/mol. The van der Waals surface area contributed by atoms with Gasteiger partial charge in [0.05, 0.1) is 10.6 Å². The Hall–Kier alpha value is -4.14. The molecule has 1 aliphatic rings. The van der Waals surface area contributed by atoms with E-state index in [1.807, 2.05) is 75.4 Å². The van der Waals surface area contributed by atoms with Crippen molar-refractivity contribution in [1.82, 2.24) is 10.2 Å². The molecule has 9 heteroatoms. The van der Waals surface area contributed by atoms with Gasteiger partial charge in [0.1, 0.15) is 12.6 Å². The number of carbonyl (C=O) groups excluding carboxylic acids is 2. The van der Waals surface area contributed by atoms with Crippen LogP contribution in [0.1, 0.15) is 59.9 Å². The predicted molar refractivity (Wildman–Crippen MR) is 193 cm³/mol. The first-order valence-corrected chi connectivity index (χ1v) is 18.4. The third-order valence-electron chi connectivity index (χ3n) is 9.00. The van der Waals surface area contributed by atoms with Crippen LogP contribution in [0, 0.1) is 20.8 Å². The first-order valence-electron chi connectivity index (χ1n) is 16.6. The number of aryl methyl sites for hydroxylation is 3. The van der Waals surface area contributed by atoms with Crippen molar-refractivity contribution in [2.75, 3.05) is 10.8 Å². The van der Waals surface area contributed by atoms with E-state index in [4.69, 9.17) is 11.6 Å². The molecule has 7 nitrogen and oxygen atoms in total. The van der Waals surface area contributed by atoms with E-state index in [0.717, 1.165) is 59.9 Å². The Labute approximate surface area is 290 Å². The fourth-order valence-corrected chi connectivity index (χ4v) is 7.93. The maximum atomic E-state index is 14.8. The van der Waals surface area contributed by atoms with Crippen molar-refractivity contribution in [3.05, 3.63) is 130 Å². The van der Waals surface area contributed by atoms with Crippen molar-refractivity contribution in [1.29, 1.82) is 0 Å². The Morgan fingerprint density at radius 2 is 1.46 bits per heavy atom. The molecule has 0 spiro atoms. The van der Waals surface area contributed by atoms with Crippen LogP contribution in [-0.2, 0) is 32.6 Å². The van der Waals surface area contributed by atoms with Gasteiger partial charge in [-0.1, -0.05) is 109 Å². The lowest BCUT2D eigenvalue weighted by atomic mass is 9.94. The summed E-state index contributed by atoms with van der Waals surface area (Å²) in [4.78, 5) is 30.6. The number of sulfonamides is 1. The van der Waals surface area contributed by atoms with Crippen LogP contribution < -0.4 is 9.62 Å². The summed E-state index contributed by atoms with van der Waals surface area (Å²) < 4.78 is 29.9. The number of hydrogen-bond acceptors (Lipinski definition) is 4. The molecule has 0 aromatic heterocycles. The maximum absolute atomic E-state index is 14.8. The maximum Gasteiger partial charge on any atom is 0.264 e. The van der Waals surface area contributed by atoms with Gasteiger partial charge in [0.25, 0.3) is 10.0 Å². The highest BCUT2D eigenvalue weighted by Crippen LogP contribution is 2.29. The fraction of sp³-hybridized carbons (Fsp3) is 0.333. The van der Waals surface area contributed by atoms with Gasteiger partial charge >= 0.3 is 0 Å². The number of anilines is 1. The van der Waals surface area contributed by atoms with Gasteiger partial charge in [-0.05, 0) is 80.6 Å². The van der Waals surface area contributed by atoms with Gasteiger partial charge in [-0.3, -0.25) is 13.9 Å². The highest BCUT2D eigenvalue weighted by Gasteiger charge is 2.35. The van der Waals surface area contributed by atoms with Crippen LogP contribution in [0.15, 0.2) is 102 Å². The Kier molecular flexibility index (Phi) is 11.6. The third-order valence-corrected chi connectivity index (χ3v) is 11.0. The minimum absolute atomic E-state index is 0.0330. The normalized spacial score (nSPS) is 14.2. The van der Waals surface area contributed by atoms with Crippen LogP contribution in [-0.4, -0.2) is 43.8 Å². The number of benzene rings is 4. The smallest absolute Gasteiger partial charge is 0.264 e. The molecule has 1 N–H and O–H groups in total. The van der Waals surface area contributed by atoms with Gasteiger partial charge in [-0.15, -0.1) is 0 Å². The Balaban J connectivity index is 1.58. The number of halogens is 1. The largest absolute Gasteiger partial charge is 0.352 e. The molecule has 0 radical (unpaired) electrons. The van der Waals surface area contributed by atoms with Crippen molar-refractivity contribution in [2.45, 2.75) is 82.8 Å². The molecule has 48 heavy (non-hydrogen) atoms. The van der Waals surface area contributed by atoms with Crippen LogP contribution >= 0.6 is 11.6 Å². The van der Waals surface area contributed by atoms with E-state index < -0.39 is 28.5 Å². The van der Waals surface area contributed by atoms with Crippen LogP contribution in [0.25, 0.3) is 0 Å². The zero-order valence-corrected chi connectivity index (χ0v) is 29.4. The van der Waals surface area contributed by atoms with Crippen LogP contribution in [0.4, 0.5) is 5.69 Å². The molecule has 252 valence electrons. The van der Waals surface area contributed by atoms with E-state index >= 15 is 0 Å². The minimum atomic E-state index is -4.17. The lowest BCUT2D eigenvalue weighted by Crippen LogP contribution is -2.55. The zero-order valence-electron chi connectivity index (χ0n) is 27.9. The second kappa shape index (κ2) is 15.8. The van der Waals surface area contributed by atoms with Gasteiger partial charge in [0.2, 0.25) is 11.8 Å². The summed E-state index contributed by atoms with van der Waals surface area (Å²) >= 11 is 6.20. The number of rotatable bonds is 12. The van der Waals surface area contributed by atoms with Crippen molar-refractivity contribution in [2.24, 2.45) is 0 Å². The summed E-state index contributed by atoms with van der Waals surface area (Å²) in [5.74, 6) is -0.729. The van der Waals surface area contributed by atoms with E-state index in [1.165, 1.54) is 9.21 Å². The summed E-state index contributed by atoms with van der Waals surface area (Å²) in [6, 6.07) is 28.0. The van der Waals surface area contributed by atoms with Gasteiger partial charge in [0.15, 0.2) is 0 Å². The van der Waals surface area contributed by atoms with Crippen LogP contribution in [0.2, 0.25) is 5.02 Å². The quantitative estimate of drug-likeness (QED) is 0.167. The van der Waals surface area contributed by atoms with E-state index in [9.17, 15) is 18.0 Å². The van der Waals surface area contributed by atoms with Crippen LogP contribution in [0.5, 0.6) is 0 Å². The number of nitrogens with zero attached hydrogens (tertiary/aromatic N) is 2. The molecule has 5 rings (SSSR count). The summed E-state index contributed by atoms with van der Waals surface area (Å²) in [6.07, 6.45) is 5.29. The highest BCUT2D eigenvalue weighted by molar-refractivity contribution is 7.92. The molecule has 1 aliphatic carbocycles. The standard InChI is InChI=1S/C39H44ClN3O4S/c1-28-14-21-35(22-15-28)48(46,47)43(36-23-16-29(2)24-30(36)3)27-38(44)42(26-32-17-19-33(40)20-18-32)37(25-31-10-6-4-7-11-31)39(45)41-34-12-8-5-9-13-34/h4,6-7,10-11,14-24,34,37H,5,8-9,12-13,25-27H2,1-3H3,(H,41,45)/t37-/m1/s1. The van der Waals surface area contributed by atoms with E-state index in [2.05, 4.69) is 5.32 Å². The SMILES string of the molecule is Cc1ccc(S(=O)(=O)N(CC(=O)N(Cc2ccc(Cl)cc2)[C@H](Cc2ccccc2)C(=O)NC2CCCCC2)c2ccc(C)cc2C)cc1. The summed E-state index contributed by atoms with van der Waals surface area (Å²) in [7, 11) is -4.17. The first kappa shape index (κ1) is 35.2. The Morgan fingerprint density at radius 1 is 0.812 bits per heavy atom. The summed E-state index contributed by atoms with van der Waals surface area (Å²) in [6.45, 7) is 5.27. The van der Waals surface area contributed by atoms with E-state index in [-0.39, 0.29) is 29.8 Å². The van der Waals surface area contributed by atoms with Crippen molar-refractivity contribution in [3.63, 3.8) is 0 Å². The topological polar surface area (TPSA) is 86.8 Å². The first-order chi connectivity index (χ1) is 23.0. The zero-order chi connectivity index (χ0) is 34.3. The summed E-state index contributed by atoms with van der Waals surface area (Å²) in [5.41, 5.74) is 4.70. The molecule has 1 fully saturated rings. The second-order valence-corrected chi connectivity index (χ2v) is 15.1. The number of carbonyl (C=O) groups is 2. The Morgan fingerprint density at radius 3 is 2.10 bits per heavy atom. The van der Waals surface area contributed by atoms with E-state index in [0.29, 0.717) is 10.7 Å². The molecule has 4 aromatic carbocycles. The van der Waals surface area contributed by atoms with Gasteiger partial charge in [-0.2, -0.15) is 0 Å². The fourth-order valence-electron chi connectivity index (χ4n) is 6.32. The second-order valence-electron chi connectivity index (χ2n) is 12.8. The lowest BCUT2D eigenvalue weighted by Gasteiger charge is -2.35. The minimum Gasteiger partial charge on any atom is -0.352 e. The molecule has 0 unspecified atom stereocenters. The number of hydrogen-bond donors (Lipinski definition) is 1. The van der Waals surface area contributed by atoms with Crippen LogP contribution in [0.3, 0.4) is 0 Å². The molecule has 0 saturated heterocycles. The molecule has 0 aliphatic heterocycles. The molecular formula is C39H44ClN3O4S. The molecule has 1 saturated carbocycles. The molecule has 2 amide bonds. The Bertz CT molecular complexity index is 1810. The molecule has 0 heterocycles. The predicted octanol–water partition coefficient (Wildman–Crippen LogP) is 7.55. The van der Waals surface area contributed by atoms with Gasteiger partial charge in [0, 0.05) is 24.0 Å².